The van der Waals surface area contributed by atoms with E-state index in [0.717, 1.165) is 6.42 Å². The van der Waals surface area contributed by atoms with E-state index in [2.05, 4.69) is 47.0 Å². The summed E-state index contributed by atoms with van der Waals surface area (Å²) in [5.41, 5.74) is 0. The Morgan fingerprint density at radius 3 is 2.20 bits per heavy atom. The third kappa shape index (κ3) is 6.20. The van der Waals surface area contributed by atoms with Crippen LogP contribution in [0, 0.1) is 11.8 Å². The molecule has 0 aliphatic carbocycles. The molecule has 0 fully saturated rings. The fourth-order valence-corrected chi connectivity index (χ4v) is 2.75. The third-order valence-electron chi connectivity index (χ3n) is 4.22. The van der Waals surface area contributed by atoms with E-state index >= 15 is 0 Å². The summed E-state index contributed by atoms with van der Waals surface area (Å²) in [6.45, 7) is 19.8. The van der Waals surface area contributed by atoms with Crippen LogP contribution in [-0.4, -0.2) is 26.6 Å². The van der Waals surface area contributed by atoms with Crippen molar-refractivity contribution in [3.8, 4) is 0 Å². The van der Waals surface area contributed by atoms with E-state index in [1.807, 2.05) is 18.2 Å². The Kier molecular flexibility index (Phi) is 8.32. The zero-order chi connectivity index (χ0) is 15.8. The van der Waals surface area contributed by atoms with Crippen LogP contribution in [0.15, 0.2) is 37.5 Å². The fourth-order valence-electron chi connectivity index (χ4n) is 1.71. The maximum absolute atomic E-state index is 8.94. The van der Waals surface area contributed by atoms with Crippen LogP contribution in [0.4, 0.5) is 0 Å². The lowest BCUT2D eigenvalue weighted by molar-refractivity contribution is 0.226. The van der Waals surface area contributed by atoms with Crippen LogP contribution in [-0.2, 0) is 4.43 Å². The van der Waals surface area contributed by atoms with Gasteiger partial charge in [-0.15, -0.1) is 13.2 Å². The van der Waals surface area contributed by atoms with Gasteiger partial charge in [-0.25, -0.2) is 0 Å². The minimum absolute atomic E-state index is 0.0700. The molecule has 20 heavy (non-hydrogen) atoms. The van der Waals surface area contributed by atoms with E-state index in [-0.39, 0.29) is 17.6 Å². The van der Waals surface area contributed by atoms with E-state index in [4.69, 9.17) is 9.53 Å². The lowest BCUT2D eigenvalue weighted by Crippen LogP contribution is -2.42. The predicted molar refractivity (Wildman–Crippen MR) is 91.4 cm³/mol. The van der Waals surface area contributed by atoms with Crippen molar-refractivity contribution >= 4 is 8.32 Å². The van der Waals surface area contributed by atoms with E-state index < -0.39 is 8.32 Å². The van der Waals surface area contributed by atoms with Crippen molar-refractivity contribution in [3.63, 3.8) is 0 Å². The van der Waals surface area contributed by atoms with E-state index in [9.17, 15) is 0 Å². The molecule has 0 bridgehead atoms. The maximum Gasteiger partial charge on any atom is 0.192 e. The quantitative estimate of drug-likeness (QED) is 0.499. The molecule has 2 nitrogen and oxygen atoms in total. The summed E-state index contributed by atoms with van der Waals surface area (Å²) in [6, 6.07) is 0. The summed E-state index contributed by atoms with van der Waals surface area (Å²) in [5, 5.41) is 9.16. The van der Waals surface area contributed by atoms with Gasteiger partial charge in [0, 0.05) is 12.5 Å². The maximum atomic E-state index is 8.94. The van der Waals surface area contributed by atoms with Crippen LogP contribution >= 0.6 is 0 Å². The molecule has 0 aromatic rings. The van der Waals surface area contributed by atoms with Gasteiger partial charge in [-0.3, -0.25) is 0 Å². The number of allylic oxidation sites excluding steroid dienone is 2. The Morgan fingerprint density at radius 1 is 1.20 bits per heavy atom. The van der Waals surface area contributed by atoms with Gasteiger partial charge in [0.25, 0.3) is 0 Å². The first-order valence-corrected chi connectivity index (χ1v) is 10.3. The van der Waals surface area contributed by atoms with Crippen molar-refractivity contribution in [3.05, 3.63) is 37.5 Å². The number of hydrogen-bond donors (Lipinski definition) is 1. The van der Waals surface area contributed by atoms with Crippen LogP contribution in [0.5, 0.6) is 0 Å². The minimum atomic E-state index is -1.73. The first-order chi connectivity index (χ1) is 9.19. The van der Waals surface area contributed by atoms with Gasteiger partial charge in [0.2, 0.25) is 0 Å². The highest BCUT2D eigenvalue weighted by atomic mass is 28.4. The summed E-state index contributed by atoms with van der Waals surface area (Å²) < 4.78 is 6.29. The molecule has 2 atom stereocenters. The fraction of sp³-hybridized carbons (Fsp3) is 0.647. The minimum Gasteiger partial charge on any atom is -0.416 e. The molecule has 0 aromatic carbocycles. The van der Waals surface area contributed by atoms with Gasteiger partial charge >= 0.3 is 0 Å². The van der Waals surface area contributed by atoms with Gasteiger partial charge in [0.15, 0.2) is 8.32 Å². The van der Waals surface area contributed by atoms with Crippen molar-refractivity contribution in [1.82, 2.24) is 0 Å². The van der Waals surface area contributed by atoms with Crippen molar-refractivity contribution in [1.29, 1.82) is 0 Å². The number of aliphatic hydroxyl groups is 1. The van der Waals surface area contributed by atoms with Gasteiger partial charge in [0.05, 0.1) is 6.61 Å². The van der Waals surface area contributed by atoms with Crippen molar-refractivity contribution in [2.75, 3.05) is 13.2 Å². The average molecular weight is 297 g/mol. The van der Waals surface area contributed by atoms with Crippen LogP contribution in [0.2, 0.25) is 18.1 Å². The normalized spacial score (nSPS) is 16.1. The van der Waals surface area contributed by atoms with Gasteiger partial charge in [-0.05, 0) is 30.5 Å². The standard InChI is InChI=1S/C17H32O2Si/c1-8-11-16(12-10-13-18)15(9-2)14-19-20(6,7)17(3,4)5/h8-10,12,15-16,18H,1-2,11,13-14H2,3-7H3/b12-10+/t15-,16-/m0/s1. The SMILES string of the molecule is C=CC[C@@H](/C=C/CO)[C@@H](C=C)CO[Si](C)(C)C(C)(C)C. The number of hydrogen-bond acceptors (Lipinski definition) is 2. The number of rotatable bonds is 9. The first-order valence-electron chi connectivity index (χ1n) is 7.34. The molecule has 3 heteroatoms. The molecule has 0 heterocycles. The van der Waals surface area contributed by atoms with Crippen LogP contribution in [0.1, 0.15) is 27.2 Å². The molecule has 0 rings (SSSR count). The van der Waals surface area contributed by atoms with Crippen molar-refractivity contribution in [2.45, 2.75) is 45.3 Å². The second-order valence-corrected chi connectivity index (χ2v) is 11.6. The van der Waals surface area contributed by atoms with Crippen molar-refractivity contribution in [2.24, 2.45) is 11.8 Å². The average Bonchev–Trinajstić information content (AvgIpc) is 2.34. The molecule has 0 aliphatic rings. The second kappa shape index (κ2) is 8.60. The van der Waals surface area contributed by atoms with Crippen LogP contribution < -0.4 is 0 Å². The van der Waals surface area contributed by atoms with Crippen LogP contribution in [0.25, 0.3) is 0 Å². The Hall–Kier alpha value is -0.643. The molecule has 1 N–H and O–H groups in total. The molecule has 0 saturated heterocycles. The molecule has 0 radical (unpaired) electrons. The smallest absolute Gasteiger partial charge is 0.192 e. The Bertz CT molecular complexity index is 326. The van der Waals surface area contributed by atoms with Gasteiger partial charge < -0.3 is 9.53 Å². The molecule has 0 unspecified atom stereocenters. The van der Waals surface area contributed by atoms with E-state index in [0.29, 0.717) is 12.5 Å². The Balaban J connectivity index is 4.78. The highest BCUT2D eigenvalue weighted by Crippen LogP contribution is 2.37. The molecule has 0 amide bonds. The molecule has 0 spiro atoms. The zero-order valence-electron chi connectivity index (χ0n) is 13.9. The monoisotopic (exact) mass is 296 g/mol. The number of aliphatic hydroxyl groups excluding tert-OH is 1. The van der Waals surface area contributed by atoms with E-state index in [1.165, 1.54) is 0 Å². The first kappa shape index (κ1) is 19.4. The molecule has 0 saturated carbocycles. The summed E-state index contributed by atoms with van der Waals surface area (Å²) >= 11 is 0. The van der Waals surface area contributed by atoms with E-state index in [1.54, 1.807) is 6.08 Å². The topological polar surface area (TPSA) is 29.5 Å². The Labute approximate surface area is 126 Å². The largest absolute Gasteiger partial charge is 0.416 e. The lowest BCUT2D eigenvalue weighted by Gasteiger charge is -2.37. The molecular formula is C17H32O2Si. The Morgan fingerprint density at radius 2 is 1.80 bits per heavy atom. The predicted octanol–water partition coefficient (Wildman–Crippen LogP) is 4.55. The summed E-state index contributed by atoms with van der Waals surface area (Å²) in [5.74, 6) is 0.548. The highest BCUT2D eigenvalue weighted by Gasteiger charge is 2.37. The molecule has 0 aliphatic heterocycles. The van der Waals surface area contributed by atoms with Gasteiger partial charge in [-0.1, -0.05) is 45.1 Å². The van der Waals surface area contributed by atoms with Gasteiger partial charge in [-0.2, -0.15) is 0 Å². The summed E-state index contributed by atoms with van der Waals surface area (Å²) in [6.07, 6.45) is 8.58. The van der Waals surface area contributed by atoms with Gasteiger partial charge in [0.1, 0.15) is 0 Å². The molecular weight excluding hydrogens is 264 g/mol. The molecule has 116 valence electrons. The van der Waals surface area contributed by atoms with Crippen LogP contribution in [0.3, 0.4) is 0 Å². The summed E-state index contributed by atoms with van der Waals surface area (Å²) in [4.78, 5) is 0. The summed E-state index contributed by atoms with van der Waals surface area (Å²) in [7, 11) is -1.73. The second-order valence-electron chi connectivity index (χ2n) is 6.77. The van der Waals surface area contributed by atoms with Crippen molar-refractivity contribution < 1.29 is 9.53 Å². The zero-order valence-corrected chi connectivity index (χ0v) is 14.9. The molecule has 0 aromatic heterocycles. The lowest BCUT2D eigenvalue weighted by atomic mass is 9.90. The highest BCUT2D eigenvalue weighted by molar-refractivity contribution is 6.74. The third-order valence-corrected chi connectivity index (χ3v) is 8.72.